The summed E-state index contributed by atoms with van der Waals surface area (Å²) in [6, 6.07) is -0.351. The lowest BCUT2D eigenvalue weighted by atomic mass is 9.98. The van der Waals surface area contributed by atoms with Gasteiger partial charge >= 0.3 is 6.09 Å². The minimum atomic E-state index is -0.629. The Kier molecular flexibility index (Phi) is 11.0. The summed E-state index contributed by atoms with van der Waals surface area (Å²) < 4.78 is 24.1. The van der Waals surface area contributed by atoms with Gasteiger partial charge in [-0.3, -0.25) is 9.89 Å². The summed E-state index contributed by atoms with van der Waals surface area (Å²) in [6.45, 7) is 14.7. The van der Waals surface area contributed by atoms with Crippen molar-refractivity contribution >= 4 is 23.0 Å². The van der Waals surface area contributed by atoms with Crippen molar-refractivity contribution in [3.05, 3.63) is 12.7 Å². The second kappa shape index (κ2) is 12.9. The number of amidine groups is 1. The maximum absolute atomic E-state index is 12.8. The molecule has 32 heavy (non-hydrogen) atoms. The minimum absolute atomic E-state index is 0.175. The number of amides is 1. The van der Waals surface area contributed by atoms with E-state index < -0.39 is 23.9 Å². The van der Waals surface area contributed by atoms with Gasteiger partial charge in [0.25, 0.3) is 0 Å². The van der Waals surface area contributed by atoms with Crippen LogP contribution in [0.25, 0.3) is 0 Å². The average molecular weight is 473 g/mol. The number of fused-ring (bicyclic) bond motifs is 1. The maximum Gasteiger partial charge on any atom is 0.416 e. The first kappa shape index (κ1) is 27.1. The summed E-state index contributed by atoms with van der Waals surface area (Å²) in [5.74, 6) is 0. The van der Waals surface area contributed by atoms with E-state index in [1.807, 2.05) is 20.8 Å². The fraction of sp³-hybridized carbons (Fsp3) is 0.826. The molecule has 1 amide bonds. The van der Waals surface area contributed by atoms with Crippen LogP contribution in [0.4, 0.5) is 4.79 Å². The van der Waals surface area contributed by atoms with E-state index in [-0.39, 0.29) is 30.7 Å². The van der Waals surface area contributed by atoms with Crippen LogP contribution in [0.3, 0.4) is 0 Å². The van der Waals surface area contributed by atoms with Gasteiger partial charge < -0.3 is 24.1 Å². The molecule has 0 bridgehead atoms. The number of thioether (sulfide) groups is 1. The Morgan fingerprint density at radius 2 is 1.84 bits per heavy atom. The molecular formula is C23H40N2O6S. The summed E-state index contributed by atoms with van der Waals surface area (Å²) in [7, 11) is 0. The van der Waals surface area contributed by atoms with Crippen molar-refractivity contribution in [2.24, 2.45) is 4.99 Å². The number of unbranched alkanes of at least 4 members (excludes halogenated alkanes) is 2. The summed E-state index contributed by atoms with van der Waals surface area (Å²) in [4.78, 5) is 19.1. The van der Waals surface area contributed by atoms with Crippen molar-refractivity contribution in [3.63, 3.8) is 0 Å². The van der Waals surface area contributed by atoms with Crippen molar-refractivity contribution < 1.29 is 28.8 Å². The maximum atomic E-state index is 12.8. The molecule has 0 spiro atoms. The zero-order chi connectivity index (χ0) is 23.7. The summed E-state index contributed by atoms with van der Waals surface area (Å²) in [5.41, 5.74) is -1.01. The van der Waals surface area contributed by atoms with Crippen LogP contribution in [0, 0.1) is 0 Å². The highest BCUT2D eigenvalue weighted by molar-refractivity contribution is 8.14. The molecule has 0 aromatic heterocycles. The molecule has 1 fully saturated rings. The van der Waals surface area contributed by atoms with E-state index in [1.165, 1.54) is 16.7 Å². The Balaban J connectivity index is 2.28. The zero-order valence-electron chi connectivity index (χ0n) is 20.1. The predicted octanol–water partition coefficient (Wildman–Crippen LogP) is 3.97. The van der Waals surface area contributed by atoms with Crippen LogP contribution in [0.15, 0.2) is 17.6 Å². The third-order valence-corrected chi connectivity index (χ3v) is 6.21. The van der Waals surface area contributed by atoms with Gasteiger partial charge in [-0.15, -0.1) is 6.58 Å². The van der Waals surface area contributed by atoms with Gasteiger partial charge in [0.15, 0.2) is 5.17 Å². The van der Waals surface area contributed by atoms with E-state index in [0.717, 1.165) is 25.7 Å². The van der Waals surface area contributed by atoms with Gasteiger partial charge in [-0.2, -0.15) is 0 Å². The van der Waals surface area contributed by atoms with E-state index in [0.29, 0.717) is 18.4 Å². The molecule has 0 radical (unpaired) electrons. The number of ether oxygens (including phenoxy) is 4. The normalized spacial score (nSPS) is 27.6. The fourth-order valence-electron chi connectivity index (χ4n) is 3.46. The largest absolute Gasteiger partial charge is 0.443 e. The topological polar surface area (TPSA) is 89.8 Å². The molecule has 5 atom stereocenters. The Labute approximate surface area is 196 Å². The highest BCUT2D eigenvalue weighted by Gasteiger charge is 2.51. The minimum Gasteiger partial charge on any atom is -0.443 e. The molecule has 9 heteroatoms. The van der Waals surface area contributed by atoms with Crippen LogP contribution >= 0.6 is 11.8 Å². The molecule has 8 nitrogen and oxygen atoms in total. The lowest BCUT2D eigenvalue weighted by Crippen LogP contribution is -2.58. The summed E-state index contributed by atoms with van der Waals surface area (Å²) in [5, 5.41) is 10.5. The third-order valence-electron chi connectivity index (χ3n) is 5.05. The molecule has 0 aromatic carbocycles. The van der Waals surface area contributed by atoms with Crippen LogP contribution in [0.5, 0.6) is 0 Å². The molecule has 2 aliphatic heterocycles. The van der Waals surface area contributed by atoms with Crippen LogP contribution < -0.4 is 0 Å². The Morgan fingerprint density at radius 3 is 2.38 bits per heavy atom. The predicted molar refractivity (Wildman–Crippen MR) is 127 cm³/mol. The quantitative estimate of drug-likeness (QED) is 0.359. The first-order valence-corrected chi connectivity index (χ1v) is 12.5. The molecule has 0 unspecified atom stereocenters. The van der Waals surface area contributed by atoms with Gasteiger partial charge in [0.1, 0.15) is 35.4 Å². The number of aliphatic imine (C=N–C) groups is 1. The lowest BCUT2D eigenvalue weighted by Gasteiger charge is -2.42. The van der Waals surface area contributed by atoms with E-state index >= 15 is 0 Å². The number of carbonyl (C=O) groups is 1. The molecule has 184 valence electrons. The van der Waals surface area contributed by atoms with Gasteiger partial charge in [-0.25, -0.2) is 4.79 Å². The number of carbonyl (C=O) groups excluding carboxylic acids is 1. The van der Waals surface area contributed by atoms with Crippen LogP contribution in [-0.2, 0) is 18.9 Å². The van der Waals surface area contributed by atoms with Crippen LogP contribution in [-0.4, -0.2) is 83.0 Å². The highest BCUT2D eigenvalue weighted by Crippen LogP contribution is 2.40. The molecule has 1 saturated heterocycles. The standard InChI is InChI=1S/C23H40N2O6S/c1-7-10-13-28-18-16(15-26)30-20-17(19(18)29-14-11-8-2)24-21(32-20)25(12-9-3)22(27)31-23(4,5)6/h9,16-20,26H,3,7-8,10-15H2,1-2,4-6H3/t16-,17-,18-,19-,20-/m1/s1. The van der Waals surface area contributed by atoms with Crippen molar-refractivity contribution in [1.82, 2.24) is 4.90 Å². The molecule has 0 aliphatic carbocycles. The van der Waals surface area contributed by atoms with Gasteiger partial charge in [-0.05, 0) is 33.6 Å². The molecule has 2 heterocycles. The monoisotopic (exact) mass is 472 g/mol. The molecule has 1 N–H and O–H groups in total. The molecule has 0 saturated carbocycles. The van der Waals surface area contributed by atoms with Crippen molar-refractivity contribution in [2.75, 3.05) is 26.4 Å². The zero-order valence-corrected chi connectivity index (χ0v) is 20.9. The third kappa shape index (κ3) is 7.45. The first-order valence-electron chi connectivity index (χ1n) is 11.6. The van der Waals surface area contributed by atoms with E-state index in [9.17, 15) is 9.90 Å². The van der Waals surface area contributed by atoms with Crippen LogP contribution in [0.1, 0.15) is 60.3 Å². The van der Waals surface area contributed by atoms with Crippen molar-refractivity contribution in [1.29, 1.82) is 0 Å². The van der Waals surface area contributed by atoms with E-state index in [1.54, 1.807) is 6.08 Å². The number of aliphatic hydroxyl groups is 1. The number of nitrogens with zero attached hydrogens (tertiary/aromatic N) is 2. The molecular weight excluding hydrogens is 432 g/mol. The Hall–Kier alpha value is -1.13. The number of aliphatic hydroxyl groups excluding tert-OH is 1. The molecule has 2 aliphatic rings. The van der Waals surface area contributed by atoms with E-state index in [4.69, 9.17) is 23.9 Å². The highest BCUT2D eigenvalue weighted by atomic mass is 32.2. The second-order valence-corrected chi connectivity index (χ2v) is 10.1. The Morgan fingerprint density at radius 1 is 1.22 bits per heavy atom. The molecule has 2 rings (SSSR count). The SMILES string of the molecule is C=CCN(C(=O)OC(C)(C)C)C1=N[C@@H]2[C@@H](OCCCC)[C@H](OCCCC)[C@@H](CO)O[C@@H]2S1. The first-order chi connectivity index (χ1) is 15.3. The van der Waals surface area contributed by atoms with Gasteiger partial charge in [0, 0.05) is 19.8 Å². The average Bonchev–Trinajstić information content (AvgIpc) is 3.14. The summed E-state index contributed by atoms with van der Waals surface area (Å²) in [6.07, 6.45) is 3.69. The smallest absolute Gasteiger partial charge is 0.416 e. The van der Waals surface area contributed by atoms with E-state index in [2.05, 4.69) is 20.4 Å². The molecule has 0 aromatic rings. The number of hydrogen-bond donors (Lipinski definition) is 1. The second-order valence-electron chi connectivity index (χ2n) is 9.00. The number of rotatable bonds is 11. The van der Waals surface area contributed by atoms with Gasteiger partial charge in [0.05, 0.1) is 6.61 Å². The van der Waals surface area contributed by atoms with Gasteiger partial charge in [-0.1, -0.05) is 44.5 Å². The van der Waals surface area contributed by atoms with Crippen molar-refractivity contribution in [3.8, 4) is 0 Å². The van der Waals surface area contributed by atoms with Gasteiger partial charge in [0.2, 0.25) is 0 Å². The summed E-state index contributed by atoms with van der Waals surface area (Å²) >= 11 is 1.35. The lowest BCUT2D eigenvalue weighted by molar-refractivity contribution is -0.199. The van der Waals surface area contributed by atoms with Crippen molar-refractivity contribution in [2.45, 2.75) is 95.7 Å². The van der Waals surface area contributed by atoms with Crippen LogP contribution in [0.2, 0.25) is 0 Å². The fourth-order valence-corrected chi connectivity index (χ4v) is 4.68. The Bertz CT molecular complexity index is 638. The number of hydrogen-bond acceptors (Lipinski definition) is 8.